The van der Waals surface area contributed by atoms with Gasteiger partial charge in [-0.15, -0.1) is 0 Å². The summed E-state index contributed by atoms with van der Waals surface area (Å²) in [5, 5.41) is 11.1. The molecule has 2 aliphatic rings. The van der Waals surface area contributed by atoms with Crippen LogP contribution in [0.3, 0.4) is 0 Å². The van der Waals surface area contributed by atoms with Crippen LogP contribution in [0, 0.1) is 5.92 Å². The molecule has 0 atom stereocenters. The van der Waals surface area contributed by atoms with E-state index in [-0.39, 0.29) is 29.4 Å². The quantitative estimate of drug-likeness (QED) is 0.723. The Labute approximate surface area is 182 Å². The molecule has 9 nitrogen and oxygen atoms in total. The fourth-order valence-corrected chi connectivity index (χ4v) is 5.82. The smallest absolute Gasteiger partial charge is 0.404 e. The molecule has 2 saturated heterocycles. The minimum Gasteiger partial charge on any atom is -0.465 e. The monoisotopic (exact) mass is 450 g/mol. The summed E-state index contributed by atoms with van der Waals surface area (Å²) >= 11 is 0. The minimum absolute atomic E-state index is 0.137. The van der Waals surface area contributed by atoms with E-state index in [9.17, 15) is 13.2 Å². The number of aromatic nitrogens is 2. The molecule has 31 heavy (non-hydrogen) atoms. The fraction of sp³-hybridized carbons (Fsp3) is 0.619. The van der Waals surface area contributed by atoms with E-state index in [2.05, 4.69) is 30.7 Å². The number of sulfonamides is 1. The van der Waals surface area contributed by atoms with Crippen LogP contribution in [-0.2, 0) is 26.7 Å². The van der Waals surface area contributed by atoms with Crippen molar-refractivity contribution in [1.82, 2.24) is 19.2 Å². The lowest BCUT2D eigenvalue weighted by Crippen LogP contribution is -2.60. The predicted octanol–water partition coefficient (Wildman–Crippen LogP) is 2.40. The Morgan fingerprint density at radius 2 is 1.94 bits per heavy atom. The number of fused-ring (bicyclic) bond motifs is 1. The maximum atomic E-state index is 13.0. The highest BCUT2D eigenvalue weighted by atomic mass is 32.2. The van der Waals surface area contributed by atoms with E-state index < -0.39 is 16.1 Å². The molecular weight excluding hydrogens is 420 g/mol. The summed E-state index contributed by atoms with van der Waals surface area (Å²) in [5.41, 5.74) is 1.42. The molecule has 2 aliphatic heterocycles. The number of hydrogen-bond donors (Lipinski definition) is 2. The van der Waals surface area contributed by atoms with Gasteiger partial charge in [-0.25, -0.2) is 18.2 Å². The molecule has 1 amide bonds. The van der Waals surface area contributed by atoms with Crippen molar-refractivity contribution >= 4 is 27.1 Å². The zero-order valence-electron chi connectivity index (χ0n) is 18.2. The largest absolute Gasteiger partial charge is 0.465 e. The summed E-state index contributed by atoms with van der Waals surface area (Å²) in [6.07, 6.45) is 0.875. The van der Waals surface area contributed by atoms with Gasteiger partial charge in [0, 0.05) is 38.3 Å². The number of carboxylic acid groups (broad SMARTS) is 1. The van der Waals surface area contributed by atoms with E-state index in [1.165, 1.54) is 4.31 Å². The maximum absolute atomic E-state index is 13.0. The second-order valence-corrected chi connectivity index (χ2v) is 11.4. The van der Waals surface area contributed by atoms with E-state index in [0.29, 0.717) is 11.4 Å². The van der Waals surface area contributed by atoms with Crippen molar-refractivity contribution in [3.63, 3.8) is 0 Å². The highest BCUT2D eigenvalue weighted by molar-refractivity contribution is 7.89. The van der Waals surface area contributed by atoms with Crippen LogP contribution in [0.25, 0.3) is 11.0 Å². The molecule has 0 unspecified atom stereocenters. The molecule has 1 aromatic heterocycles. The van der Waals surface area contributed by atoms with Gasteiger partial charge in [0.1, 0.15) is 5.82 Å². The zero-order valence-corrected chi connectivity index (χ0v) is 19.0. The van der Waals surface area contributed by atoms with Crippen LogP contribution in [0.1, 0.15) is 39.4 Å². The van der Waals surface area contributed by atoms with Gasteiger partial charge < -0.3 is 19.7 Å². The number of rotatable bonds is 5. The number of hydrogen-bond acceptors (Lipinski definition) is 5. The second-order valence-electron chi connectivity index (χ2n) is 9.47. The summed E-state index contributed by atoms with van der Waals surface area (Å²) in [6, 6.07) is 4.74. The molecule has 2 aromatic rings. The van der Waals surface area contributed by atoms with Crippen LogP contribution < -0.4 is 5.32 Å². The molecule has 0 bridgehead atoms. The van der Waals surface area contributed by atoms with Crippen molar-refractivity contribution in [1.29, 1.82) is 0 Å². The number of nitrogens with zero attached hydrogens (tertiary/aromatic N) is 3. The lowest BCUT2D eigenvalue weighted by Gasteiger charge is -2.37. The van der Waals surface area contributed by atoms with Crippen LogP contribution in [0.2, 0.25) is 0 Å². The third-order valence-corrected chi connectivity index (χ3v) is 7.81. The molecule has 3 heterocycles. The van der Waals surface area contributed by atoms with Gasteiger partial charge in [0.2, 0.25) is 10.0 Å². The molecule has 2 fully saturated rings. The maximum Gasteiger partial charge on any atom is 0.404 e. The second kappa shape index (κ2) is 8.07. The summed E-state index contributed by atoms with van der Waals surface area (Å²) in [6.45, 7) is 9.01. The molecule has 4 rings (SSSR count). The molecule has 2 N–H and O–H groups in total. The third-order valence-electron chi connectivity index (χ3n) is 5.99. The molecule has 0 saturated carbocycles. The Bertz CT molecular complexity index is 1080. The average Bonchev–Trinajstić information content (AvgIpc) is 3.03. The highest BCUT2D eigenvalue weighted by Crippen LogP contribution is 2.31. The molecule has 0 aliphatic carbocycles. The van der Waals surface area contributed by atoms with Crippen LogP contribution in [-0.4, -0.2) is 65.8 Å². The first-order valence-electron chi connectivity index (χ1n) is 10.6. The number of amides is 1. The SMILES string of the molecule is CC(C)(C)c1nc2cc(S(=O)(=O)N3CC(NC(=O)O)C3)ccc2n1CC1CCOCC1. The minimum atomic E-state index is -3.69. The van der Waals surface area contributed by atoms with Crippen LogP contribution in [0.5, 0.6) is 0 Å². The molecule has 0 spiro atoms. The predicted molar refractivity (Wildman–Crippen MR) is 116 cm³/mol. The number of nitrogens with one attached hydrogen (secondary N) is 1. The number of imidazole rings is 1. The Morgan fingerprint density at radius 1 is 1.26 bits per heavy atom. The van der Waals surface area contributed by atoms with Gasteiger partial charge in [-0.2, -0.15) is 4.31 Å². The van der Waals surface area contributed by atoms with E-state index in [1.54, 1.807) is 12.1 Å². The lowest BCUT2D eigenvalue weighted by atomic mass is 9.94. The topological polar surface area (TPSA) is 114 Å². The van der Waals surface area contributed by atoms with Crippen LogP contribution in [0.4, 0.5) is 4.79 Å². The number of benzene rings is 1. The van der Waals surface area contributed by atoms with Crippen molar-refractivity contribution in [2.24, 2.45) is 5.92 Å². The van der Waals surface area contributed by atoms with Gasteiger partial charge in [0.25, 0.3) is 0 Å². The van der Waals surface area contributed by atoms with Crippen molar-refractivity contribution in [2.45, 2.75) is 56.5 Å². The molecule has 1 aromatic carbocycles. The van der Waals surface area contributed by atoms with Crippen molar-refractivity contribution in [3.05, 3.63) is 24.0 Å². The Kier molecular flexibility index (Phi) is 5.74. The van der Waals surface area contributed by atoms with E-state index in [1.807, 2.05) is 6.07 Å². The standard InChI is InChI=1S/C21H30N4O5S/c1-21(2,3)19-23-17-10-16(31(28,29)24-12-15(13-24)22-20(26)27)4-5-18(17)25(19)11-14-6-8-30-9-7-14/h4-5,10,14-15,22H,6-9,11-13H2,1-3H3,(H,26,27). The molecular formula is C21H30N4O5S. The van der Waals surface area contributed by atoms with Gasteiger partial charge in [0.05, 0.1) is 22.0 Å². The summed E-state index contributed by atoms with van der Waals surface area (Å²) in [7, 11) is -3.69. The molecule has 0 radical (unpaired) electrons. The van der Waals surface area contributed by atoms with Crippen molar-refractivity contribution in [2.75, 3.05) is 26.3 Å². The van der Waals surface area contributed by atoms with E-state index >= 15 is 0 Å². The van der Waals surface area contributed by atoms with E-state index in [0.717, 1.165) is 43.9 Å². The Hall–Kier alpha value is -2.17. The molecule has 170 valence electrons. The van der Waals surface area contributed by atoms with Gasteiger partial charge >= 0.3 is 6.09 Å². The van der Waals surface area contributed by atoms with Gasteiger partial charge in [0.15, 0.2) is 0 Å². The first-order chi connectivity index (χ1) is 14.6. The number of carbonyl (C=O) groups is 1. The average molecular weight is 451 g/mol. The number of ether oxygens (including phenoxy) is 1. The van der Waals surface area contributed by atoms with Gasteiger partial charge in [-0.1, -0.05) is 20.8 Å². The Balaban J connectivity index is 1.64. The highest BCUT2D eigenvalue weighted by Gasteiger charge is 2.38. The zero-order chi connectivity index (χ0) is 22.4. The lowest BCUT2D eigenvalue weighted by molar-refractivity contribution is 0.0611. The van der Waals surface area contributed by atoms with Crippen LogP contribution in [0.15, 0.2) is 23.1 Å². The van der Waals surface area contributed by atoms with Gasteiger partial charge in [-0.05, 0) is 37.0 Å². The first kappa shape index (κ1) is 22.0. The third kappa shape index (κ3) is 4.42. The summed E-state index contributed by atoms with van der Waals surface area (Å²) in [4.78, 5) is 15.8. The van der Waals surface area contributed by atoms with Crippen molar-refractivity contribution in [3.8, 4) is 0 Å². The first-order valence-corrected chi connectivity index (χ1v) is 12.1. The van der Waals surface area contributed by atoms with Gasteiger partial charge in [-0.3, -0.25) is 0 Å². The summed E-state index contributed by atoms with van der Waals surface area (Å²) in [5.74, 6) is 1.45. The normalized spacial score (nSPS) is 19.5. The van der Waals surface area contributed by atoms with Crippen molar-refractivity contribution < 1.29 is 23.1 Å². The Morgan fingerprint density at radius 3 is 2.55 bits per heavy atom. The summed E-state index contributed by atoms with van der Waals surface area (Å²) < 4.78 is 35.0. The van der Waals surface area contributed by atoms with Crippen LogP contribution >= 0.6 is 0 Å². The van der Waals surface area contributed by atoms with E-state index in [4.69, 9.17) is 14.8 Å². The molecule has 10 heteroatoms. The fourth-order valence-electron chi connectivity index (χ4n) is 4.26.